The molecule has 15 nitrogen and oxygen atoms in total. The van der Waals surface area contributed by atoms with Crippen LogP contribution in [0.15, 0.2) is 66.5 Å². The molecule has 3 aliphatic heterocycles. The summed E-state index contributed by atoms with van der Waals surface area (Å²) >= 11 is 0. The third kappa shape index (κ3) is 8.92. The van der Waals surface area contributed by atoms with Crippen molar-refractivity contribution >= 4 is 57.9 Å². The summed E-state index contributed by atoms with van der Waals surface area (Å²) in [4.78, 5) is 66.1. The van der Waals surface area contributed by atoms with Crippen LogP contribution in [0.5, 0.6) is 5.75 Å². The summed E-state index contributed by atoms with van der Waals surface area (Å²) in [6.45, 7) is 6.71. The minimum atomic E-state index is -0.541. The van der Waals surface area contributed by atoms with E-state index in [4.69, 9.17) is 14.8 Å². The molecule has 57 heavy (non-hydrogen) atoms. The molecule has 298 valence electrons. The Bertz CT molecular complexity index is 2220. The first kappa shape index (κ1) is 39.0. The van der Waals surface area contributed by atoms with Gasteiger partial charge in [0.2, 0.25) is 17.8 Å². The second-order valence-corrected chi connectivity index (χ2v) is 14.9. The van der Waals surface area contributed by atoms with Crippen LogP contribution in [-0.2, 0) is 16.6 Å². The zero-order valence-electron chi connectivity index (χ0n) is 33.0. The van der Waals surface area contributed by atoms with E-state index in [0.29, 0.717) is 73.4 Å². The van der Waals surface area contributed by atoms with Crippen molar-refractivity contribution in [3.63, 3.8) is 0 Å². The summed E-state index contributed by atoms with van der Waals surface area (Å²) in [5.74, 6) is 1.46. The Morgan fingerprint density at radius 3 is 2.51 bits per heavy atom. The first-order valence-electron chi connectivity index (χ1n) is 19.6. The zero-order chi connectivity index (χ0) is 40.1. The van der Waals surface area contributed by atoms with E-state index in [-0.39, 0.29) is 36.6 Å². The van der Waals surface area contributed by atoms with Gasteiger partial charge in [-0.2, -0.15) is 10.1 Å². The predicted molar refractivity (Wildman–Crippen MR) is 219 cm³/mol. The van der Waals surface area contributed by atoms with E-state index in [9.17, 15) is 19.2 Å². The number of benzene rings is 2. The lowest BCUT2D eigenvalue weighted by Crippen LogP contribution is -2.49. The number of carbonyl (C=O) groups excluding carboxylic acids is 4. The number of rotatable bonds is 9. The molecule has 5 amide bonds. The number of piperidine rings is 1. The first-order chi connectivity index (χ1) is 27.6. The van der Waals surface area contributed by atoms with E-state index in [2.05, 4.69) is 65.1 Å². The highest BCUT2D eigenvalue weighted by Crippen LogP contribution is 2.33. The van der Waals surface area contributed by atoms with Crippen molar-refractivity contribution in [2.24, 2.45) is 13.0 Å². The molecule has 3 aliphatic rings. The maximum atomic E-state index is 13.6. The number of anilines is 4. The number of hydrogen-bond acceptors (Lipinski definition) is 10. The smallest absolute Gasteiger partial charge is 0.328 e. The van der Waals surface area contributed by atoms with Gasteiger partial charge in [0.05, 0.1) is 18.2 Å². The molecule has 15 heteroatoms. The number of hydrogen-bond donors (Lipinski definition) is 3. The lowest BCUT2D eigenvalue weighted by Gasteiger charge is -2.33. The van der Waals surface area contributed by atoms with Gasteiger partial charge >= 0.3 is 6.03 Å². The summed E-state index contributed by atoms with van der Waals surface area (Å²) in [7, 11) is 3.37. The summed E-state index contributed by atoms with van der Waals surface area (Å²) in [6, 6.07) is 10.6. The molecule has 7 rings (SSSR count). The zero-order valence-corrected chi connectivity index (χ0v) is 33.0. The highest BCUT2D eigenvalue weighted by Gasteiger charge is 2.30. The molecule has 4 aromatic rings. The molecule has 2 aromatic heterocycles. The number of imide groups is 1. The Balaban J connectivity index is 0.928. The number of urea groups is 1. The van der Waals surface area contributed by atoms with E-state index < -0.39 is 6.03 Å². The number of amides is 5. The Kier molecular flexibility index (Phi) is 11.8. The molecule has 0 unspecified atom stereocenters. The molecule has 0 bridgehead atoms. The summed E-state index contributed by atoms with van der Waals surface area (Å²) in [5, 5.41) is 14.7. The van der Waals surface area contributed by atoms with Crippen LogP contribution >= 0.6 is 0 Å². The van der Waals surface area contributed by atoms with E-state index in [1.54, 1.807) is 34.0 Å². The van der Waals surface area contributed by atoms with Crippen LogP contribution < -0.4 is 25.6 Å². The van der Waals surface area contributed by atoms with E-state index in [0.717, 1.165) is 53.6 Å². The van der Waals surface area contributed by atoms with Crippen LogP contribution in [0.4, 0.5) is 27.9 Å². The average molecular weight is 775 g/mol. The lowest BCUT2D eigenvalue weighted by atomic mass is 9.92. The molecule has 2 saturated heterocycles. The molecule has 3 N–H and O–H groups in total. The van der Waals surface area contributed by atoms with Gasteiger partial charge in [0, 0.05) is 75.8 Å². The standard InChI is InChI=1S/C42H50N10O5/c1-27-10-8-11-28(2)37(27)46-38-32-26-43-41(47-39(32)49(3)48-38)44-31-12-6-5-7-19-50(20-9-13-31)36(54)24-29-16-21-51(22-17-29)40(55)30-14-15-34(57-4)33(25-30)52-23-18-35(53)45-42(52)56/h6,8,10-15,25-26,29H,5,7,9,16-24H2,1-4H3,(H,46,48)(H,43,44,47)(H,45,53,56)/b12-6-,31-13+. The Morgan fingerprint density at radius 1 is 0.965 bits per heavy atom. The maximum Gasteiger partial charge on any atom is 0.328 e. The van der Waals surface area contributed by atoms with Crippen molar-refractivity contribution in [3.8, 4) is 5.75 Å². The second kappa shape index (κ2) is 17.3. The van der Waals surface area contributed by atoms with Gasteiger partial charge in [0.1, 0.15) is 5.75 Å². The van der Waals surface area contributed by atoms with Gasteiger partial charge in [-0.05, 0) is 87.3 Å². The molecule has 5 heterocycles. The number of likely N-dealkylation sites (tertiary alicyclic amines) is 1. The number of allylic oxidation sites excluding steroid dienone is 2. The fraction of sp³-hybridized carbons (Fsp3) is 0.405. The molecule has 0 aliphatic carbocycles. The SMILES string of the molecule is COc1ccc(C(=O)N2CCC(CC(=O)N3CC/C=C(Nc4ncc5c(Nc6c(C)cccc6C)nn(C)c5n4)\C=C/CCC3)CC2)cc1N1CCC(=O)NC1=O. The summed E-state index contributed by atoms with van der Waals surface area (Å²) in [6.07, 6.45) is 12.5. The lowest BCUT2D eigenvalue weighted by molar-refractivity contribution is -0.132. The maximum absolute atomic E-state index is 13.6. The van der Waals surface area contributed by atoms with Crippen LogP contribution in [0.25, 0.3) is 11.0 Å². The van der Waals surface area contributed by atoms with Gasteiger partial charge in [-0.15, -0.1) is 0 Å². The molecule has 2 fully saturated rings. The van der Waals surface area contributed by atoms with Crippen molar-refractivity contribution in [3.05, 3.63) is 83.2 Å². The van der Waals surface area contributed by atoms with Crippen molar-refractivity contribution in [2.45, 2.75) is 58.8 Å². The Morgan fingerprint density at radius 2 is 1.75 bits per heavy atom. The van der Waals surface area contributed by atoms with Crippen LogP contribution in [0.2, 0.25) is 0 Å². The number of fused-ring (bicyclic) bond motifs is 1. The number of ether oxygens (including phenoxy) is 1. The minimum absolute atomic E-state index is 0.139. The van der Waals surface area contributed by atoms with Crippen LogP contribution in [0, 0.1) is 19.8 Å². The average Bonchev–Trinajstić information content (AvgIpc) is 3.51. The van der Waals surface area contributed by atoms with Gasteiger partial charge in [-0.25, -0.2) is 14.5 Å². The summed E-state index contributed by atoms with van der Waals surface area (Å²) in [5.41, 5.74) is 5.74. The number of carbonyl (C=O) groups is 4. The predicted octanol–water partition coefficient (Wildman–Crippen LogP) is 5.99. The van der Waals surface area contributed by atoms with Crippen LogP contribution in [0.1, 0.15) is 66.4 Å². The van der Waals surface area contributed by atoms with Gasteiger partial charge in [0.15, 0.2) is 11.5 Å². The molecule has 0 radical (unpaired) electrons. The summed E-state index contributed by atoms with van der Waals surface area (Å²) < 4.78 is 7.21. The molecule has 0 saturated carbocycles. The highest BCUT2D eigenvalue weighted by atomic mass is 16.5. The molecular formula is C42H50N10O5. The number of para-hydroxylation sites is 1. The third-order valence-corrected chi connectivity index (χ3v) is 10.9. The van der Waals surface area contributed by atoms with Gasteiger partial charge in [-0.1, -0.05) is 30.4 Å². The monoisotopic (exact) mass is 774 g/mol. The largest absolute Gasteiger partial charge is 0.495 e. The van der Waals surface area contributed by atoms with Gasteiger partial charge in [-0.3, -0.25) is 24.6 Å². The second-order valence-electron chi connectivity index (χ2n) is 14.9. The topological polar surface area (TPSA) is 167 Å². The quantitative estimate of drug-likeness (QED) is 0.184. The molecule has 0 spiro atoms. The van der Waals surface area contributed by atoms with Crippen LogP contribution in [0.3, 0.4) is 0 Å². The third-order valence-electron chi connectivity index (χ3n) is 10.9. The van der Waals surface area contributed by atoms with E-state index in [1.165, 1.54) is 12.0 Å². The van der Waals surface area contributed by atoms with E-state index in [1.807, 2.05) is 18.0 Å². The molecule has 2 aromatic carbocycles. The highest BCUT2D eigenvalue weighted by molar-refractivity contribution is 6.07. The van der Waals surface area contributed by atoms with E-state index >= 15 is 0 Å². The normalized spacial score (nSPS) is 18.5. The fourth-order valence-corrected chi connectivity index (χ4v) is 7.68. The number of aryl methyl sites for hydroxylation is 3. The first-order valence-corrected chi connectivity index (χ1v) is 19.6. The van der Waals surface area contributed by atoms with Crippen molar-refractivity contribution in [1.82, 2.24) is 34.9 Å². The molecule has 0 atom stereocenters. The van der Waals surface area contributed by atoms with Gasteiger partial charge < -0.3 is 25.2 Å². The number of methoxy groups -OCH3 is 1. The molecular weight excluding hydrogens is 725 g/mol. The van der Waals surface area contributed by atoms with Crippen LogP contribution in [-0.4, -0.2) is 93.1 Å². The number of nitrogens with zero attached hydrogens (tertiary/aromatic N) is 7. The fourth-order valence-electron chi connectivity index (χ4n) is 7.68. The Labute approximate surface area is 332 Å². The number of nitrogens with one attached hydrogen (secondary N) is 3. The minimum Gasteiger partial charge on any atom is -0.495 e. The van der Waals surface area contributed by atoms with Crippen molar-refractivity contribution < 1.29 is 23.9 Å². The van der Waals surface area contributed by atoms with Crippen molar-refractivity contribution in [2.75, 3.05) is 55.4 Å². The Hall–Kier alpha value is -6.25. The van der Waals surface area contributed by atoms with Crippen molar-refractivity contribution in [1.29, 1.82) is 0 Å². The number of aromatic nitrogens is 4. The van der Waals surface area contributed by atoms with Gasteiger partial charge in [0.25, 0.3) is 5.91 Å².